The van der Waals surface area contributed by atoms with Gasteiger partial charge in [-0.05, 0) is 93.5 Å². The molecule has 2 aliphatic rings. The minimum absolute atomic E-state index is 0. The van der Waals surface area contributed by atoms with Gasteiger partial charge >= 0.3 is 0 Å². The Bertz CT molecular complexity index is 2630. The third-order valence-corrected chi connectivity index (χ3v) is 11.7. The maximum atomic E-state index is 8.53. The quantitative estimate of drug-likeness (QED) is 0.166. The van der Waals surface area contributed by atoms with E-state index in [-0.39, 0.29) is 36.4 Å². The second-order valence-corrected chi connectivity index (χ2v) is 16.5. The number of para-hydroxylation sites is 1. The first-order chi connectivity index (χ1) is 26.8. The molecule has 3 nitrogen and oxygen atoms in total. The summed E-state index contributed by atoms with van der Waals surface area (Å²) in [5, 5.41) is 2.07. The number of nitrogens with zero attached hydrogens (tertiary/aromatic N) is 2. The normalized spacial score (nSPS) is 18.1. The molecule has 4 aromatic carbocycles. The first-order valence-electron chi connectivity index (χ1n) is 20.7. The van der Waals surface area contributed by atoms with Gasteiger partial charge in [0, 0.05) is 44.7 Å². The van der Waals surface area contributed by atoms with Crippen LogP contribution in [0.4, 0.5) is 0 Å². The Morgan fingerprint density at radius 1 is 0.792 bits per heavy atom. The maximum Gasteiger partial charge on any atom is 0.120 e. The van der Waals surface area contributed by atoms with E-state index >= 15 is 0 Å². The molecule has 9 rings (SSSR count). The van der Waals surface area contributed by atoms with Crippen molar-refractivity contribution in [3.8, 4) is 22.5 Å². The van der Waals surface area contributed by atoms with Crippen molar-refractivity contribution in [2.45, 2.75) is 85.4 Å². The van der Waals surface area contributed by atoms with Crippen LogP contribution in [0.1, 0.15) is 88.7 Å². The number of rotatable bonds is 3. The molecule has 3 heterocycles. The fourth-order valence-electron chi connectivity index (χ4n) is 9.23. The zero-order valence-electron chi connectivity index (χ0n) is 36.4. The van der Waals surface area contributed by atoms with E-state index in [2.05, 4.69) is 69.1 Å². The van der Waals surface area contributed by atoms with Crippen LogP contribution in [0.15, 0.2) is 114 Å². The number of hydrogen-bond acceptors (Lipinski definition) is 3. The largest absolute Gasteiger partial charge is 0.501 e. The average Bonchev–Trinajstić information content (AvgIpc) is 3.81. The molecule has 0 bridgehead atoms. The molecule has 0 saturated carbocycles. The van der Waals surface area contributed by atoms with Crippen LogP contribution >= 0.6 is 0 Å². The van der Waals surface area contributed by atoms with Crippen LogP contribution < -0.4 is 0 Å². The molecular formula is C49H48IrN2O-2. The van der Waals surface area contributed by atoms with Gasteiger partial charge in [-0.3, -0.25) is 0 Å². The van der Waals surface area contributed by atoms with Gasteiger partial charge in [0.2, 0.25) is 0 Å². The summed E-state index contributed by atoms with van der Waals surface area (Å²) in [6.07, 6.45) is 3.66. The van der Waals surface area contributed by atoms with Gasteiger partial charge in [0.15, 0.2) is 0 Å². The van der Waals surface area contributed by atoms with E-state index in [4.69, 9.17) is 16.3 Å². The Labute approximate surface area is 335 Å². The van der Waals surface area contributed by atoms with E-state index in [0.717, 1.165) is 62.7 Å². The first kappa shape index (κ1) is 31.0. The van der Waals surface area contributed by atoms with Gasteiger partial charge in [-0.2, -0.15) is 0 Å². The Hall–Kier alpha value is -4.37. The molecule has 1 spiro atoms. The molecular weight excluding hydrogens is 825 g/mol. The smallest absolute Gasteiger partial charge is 0.120 e. The Kier molecular flexibility index (Phi) is 7.89. The monoisotopic (exact) mass is 878 g/mol. The van der Waals surface area contributed by atoms with Gasteiger partial charge < -0.3 is 14.4 Å². The Morgan fingerprint density at radius 2 is 1.49 bits per heavy atom. The number of pyridine rings is 2. The number of hydrogen-bond donors (Lipinski definition) is 0. The molecule has 53 heavy (non-hydrogen) atoms. The summed E-state index contributed by atoms with van der Waals surface area (Å²) in [6, 6.07) is 38.4. The summed E-state index contributed by atoms with van der Waals surface area (Å²) in [5.74, 6) is 0. The summed E-state index contributed by atoms with van der Waals surface area (Å²) in [6.45, 7) is 12.6. The van der Waals surface area contributed by atoms with Gasteiger partial charge in [-0.15, -0.1) is 54.1 Å². The maximum absolute atomic E-state index is 8.53. The molecule has 0 N–H and O–H groups in total. The molecule has 0 aliphatic heterocycles. The number of aryl methyl sites for hydroxylation is 1. The predicted octanol–water partition coefficient (Wildman–Crippen LogP) is 12.2. The van der Waals surface area contributed by atoms with Crippen LogP contribution in [0.25, 0.3) is 44.5 Å². The minimum Gasteiger partial charge on any atom is -0.501 e. The average molecular weight is 878 g/mol. The third kappa shape index (κ3) is 6.09. The number of aromatic nitrogens is 2. The topological polar surface area (TPSA) is 38.9 Å². The van der Waals surface area contributed by atoms with E-state index in [1.54, 1.807) is 18.5 Å². The van der Waals surface area contributed by atoms with Crippen LogP contribution in [0.5, 0.6) is 0 Å². The molecule has 2 aliphatic carbocycles. The second-order valence-electron chi connectivity index (χ2n) is 16.5. The van der Waals surface area contributed by atoms with Crippen molar-refractivity contribution in [1.29, 1.82) is 0 Å². The number of fused-ring (bicyclic) bond motifs is 5. The van der Waals surface area contributed by atoms with Crippen molar-refractivity contribution in [3.63, 3.8) is 0 Å². The molecule has 1 radical (unpaired) electrons. The number of benzene rings is 4. The summed E-state index contributed by atoms with van der Waals surface area (Å²) in [4.78, 5) is 9.23. The van der Waals surface area contributed by atoms with Crippen LogP contribution in [0, 0.1) is 29.8 Å². The molecule has 0 amide bonds. The van der Waals surface area contributed by atoms with Crippen LogP contribution in [0.2, 0.25) is 0 Å². The van der Waals surface area contributed by atoms with E-state index in [1.165, 1.54) is 11.1 Å². The predicted molar refractivity (Wildman–Crippen MR) is 215 cm³/mol. The van der Waals surface area contributed by atoms with E-state index in [1.807, 2.05) is 87.5 Å². The van der Waals surface area contributed by atoms with Gasteiger partial charge in [-0.25, -0.2) is 0 Å². The molecule has 0 unspecified atom stereocenters. The zero-order valence-corrected chi connectivity index (χ0v) is 33.8. The first-order valence-corrected chi connectivity index (χ1v) is 18.2. The molecule has 0 atom stereocenters. The molecule has 4 heteroatoms. The summed E-state index contributed by atoms with van der Waals surface area (Å²) < 4.78 is 48.0. The van der Waals surface area contributed by atoms with Gasteiger partial charge in [0.25, 0.3) is 0 Å². The fraction of sp³-hybridized carbons (Fsp3) is 0.306. The Morgan fingerprint density at radius 3 is 2.19 bits per heavy atom. The Balaban J connectivity index is 0.000000176. The molecule has 7 aromatic rings. The van der Waals surface area contributed by atoms with E-state index in [9.17, 15) is 0 Å². The second kappa shape index (κ2) is 13.5. The van der Waals surface area contributed by atoms with Crippen molar-refractivity contribution >= 4 is 21.9 Å². The van der Waals surface area contributed by atoms with Gasteiger partial charge in [0.1, 0.15) is 5.58 Å². The molecule has 0 saturated heterocycles. The SMILES string of the molecule is [2H]C([2H])([2H])c1cnc(-c2[c-]cccc2)c2c1C(C)(C)C1(Cc3ccccc3C1)C2(C)C.[2H]C([2H])(c1ccnc(-c2[c-]ccc3c2oc2ccccc23)c1)C(C)(C)C.[Ir]. The molecule has 0 fully saturated rings. The van der Waals surface area contributed by atoms with Crippen molar-refractivity contribution in [1.82, 2.24) is 9.97 Å². The van der Waals surface area contributed by atoms with Crippen LogP contribution in [-0.4, -0.2) is 9.97 Å². The van der Waals surface area contributed by atoms with Crippen molar-refractivity contribution in [2.75, 3.05) is 0 Å². The van der Waals surface area contributed by atoms with Gasteiger partial charge in [-0.1, -0.05) is 119 Å². The van der Waals surface area contributed by atoms with Gasteiger partial charge in [0.05, 0.1) is 5.58 Å². The summed E-state index contributed by atoms with van der Waals surface area (Å²) in [7, 11) is 0. The van der Waals surface area contributed by atoms with Crippen LogP contribution in [-0.2, 0) is 50.1 Å². The minimum atomic E-state index is -2.21. The summed E-state index contributed by atoms with van der Waals surface area (Å²) >= 11 is 0. The third-order valence-electron chi connectivity index (χ3n) is 11.7. The van der Waals surface area contributed by atoms with Crippen molar-refractivity contribution in [3.05, 3.63) is 155 Å². The van der Waals surface area contributed by atoms with Crippen molar-refractivity contribution < 1.29 is 31.4 Å². The van der Waals surface area contributed by atoms with E-state index < -0.39 is 18.6 Å². The van der Waals surface area contributed by atoms with E-state index in [0.29, 0.717) is 16.8 Å². The fourth-order valence-corrected chi connectivity index (χ4v) is 9.23. The molecule has 271 valence electrons. The number of furan rings is 1. The van der Waals surface area contributed by atoms with Crippen molar-refractivity contribution in [2.24, 2.45) is 10.8 Å². The zero-order chi connectivity index (χ0) is 40.8. The molecule has 3 aromatic heterocycles. The van der Waals surface area contributed by atoms with Crippen LogP contribution in [0.3, 0.4) is 0 Å². The standard InChI is InChI=1S/C27H28N.C22H20NO.Ir/c1-18-17-28-24(19-11-7-6-8-12-19)23-22(18)25(2,3)27(26(23,4)5)15-20-13-9-10-14-21(20)16-27;1-22(2,3)14-15-11-12-23-19(13-15)18-9-6-8-17-16-7-4-5-10-20(16)24-21(17)18;/h6-11,13-14,17H,15-16H2,1-5H3;4-8,10-13H,14H2,1-3H3;/q2*-1;/i1D3;14D2;. The summed E-state index contributed by atoms with van der Waals surface area (Å²) in [5.41, 5.74) is 9.34.